The molecule has 23 heteroatoms. The number of methoxy groups -OCH3 is 2. The summed E-state index contributed by atoms with van der Waals surface area (Å²) in [5, 5.41) is 34.8. The van der Waals surface area contributed by atoms with E-state index < -0.39 is 74.7 Å². The molecule has 0 saturated heterocycles. The maximum absolute atomic E-state index is 14.0. The standard InChI is InChI=1S/C16H14FN3O7.C8H6F2N2O3.C8H9NO4/c1-9(21)19-11-7-14(12(20(23)24)6-10(11)17)27-13-4-3-5-18-16(13)26-8-15(22)25-2;1-4(13)11-7-2-6(10)8(12(14)15)3-5(7)9;1-12-7(11)5-13-8-6(10)3-2-4-9-8/h3-7H,8H2,1-2H3,(H,19,21);2-3H,1H3,(H,11,13);2-4,10H,5H2,1H3. The summed E-state index contributed by atoms with van der Waals surface area (Å²) in [5.74, 6) is -6.27. The Morgan fingerprint density at radius 2 is 1.18 bits per heavy atom. The molecule has 3 N–H and O–H groups in total. The summed E-state index contributed by atoms with van der Waals surface area (Å²) in [5.41, 5.74) is -2.37. The summed E-state index contributed by atoms with van der Waals surface area (Å²) < 4.78 is 64.2. The molecule has 4 rings (SSSR count). The number of nitrogens with one attached hydrogen (secondary N) is 2. The van der Waals surface area contributed by atoms with Gasteiger partial charge in [0.25, 0.3) is 11.8 Å². The minimum absolute atomic E-state index is 0.0212. The van der Waals surface area contributed by atoms with Crippen molar-refractivity contribution in [2.75, 3.05) is 38.1 Å². The van der Waals surface area contributed by atoms with Crippen LogP contribution in [0.15, 0.2) is 60.9 Å². The van der Waals surface area contributed by atoms with Crippen LogP contribution in [-0.4, -0.2) is 76.1 Å². The smallest absolute Gasteiger partial charge is 0.343 e. The van der Waals surface area contributed by atoms with Crippen molar-refractivity contribution in [3.05, 3.63) is 98.6 Å². The molecule has 0 atom stereocenters. The molecular formula is C32H29F3N6O14. The Morgan fingerprint density at radius 1 is 0.709 bits per heavy atom. The Morgan fingerprint density at radius 3 is 1.67 bits per heavy atom. The van der Waals surface area contributed by atoms with E-state index in [1.165, 1.54) is 44.8 Å². The fraction of sp³-hybridized carbons (Fsp3) is 0.188. The third-order valence-electron chi connectivity index (χ3n) is 5.92. The molecule has 55 heavy (non-hydrogen) atoms. The molecule has 2 aromatic carbocycles. The first-order valence-electron chi connectivity index (χ1n) is 14.8. The van der Waals surface area contributed by atoms with Crippen molar-refractivity contribution in [3.8, 4) is 29.0 Å². The zero-order chi connectivity index (χ0) is 41.2. The molecule has 0 saturated carbocycles. The molecule has 0 spiro atoms. The molecular weight excluding hydrogens is 749 g/mol. The van der Waals surface area contributed by atoms with E-state index >= 15 is 0 Å². The summed E-state index contributed by atoms with van der Waals surface area (Å²) in [6, 6.07) is 8.38. The lowest BCUT2D eigenvalue weighted by molar-refractivity contribution is -0.387. The zero-order valence-corrected chi connectivity index (χ0v) is 28.9. The van der Waals surface area contributed by atoms with E-state index in [9.17, 15) is 52.6 Å². The minimum Gasteiger partial charge on any atom is -0.503 e. The fourth-order valence-corrected chi connectivity index (χ4v) is 3.56. The number of benzene rings is 2. The molecule has 292 valence electrons. The number of hydrogen-bond donors (Lipinski definition) is 3. The van der Waals surface area contributed by atoms with Crippen molar-refractivity contribution in [2.45, 2.75) is 13.8 Å². The van der Waals surface area contributed by atoms with Gasteiger partial charge in [-0.2, -0.15) is 4.39 Å². The molecule has 0 aliphatic carbocycles. The lowest BCUT2D eigenvalue weighted by Gasteiger charge is -2.12. The number of anilines is 2. The highest BCUT2D eigenvalue weighted by molar-refractivity contribution is 5.89. The monoisotopic (exact) mass is 778 g/mol. The van der Waals surface area contributed by atoms with Crippen molar-refractivity contribution in [1.82, 2.24) is 9.97 Å². The number of esters is 2. The zero-order valence-electron chi connectivity index (χ0n) is 28.9. The number of halogens is 3. The van der Waals surface area contributed by atoms with Crippen LogP contribution in [0.25, 0.3) is 0 Å². The summed E-state index contributed by atoms with van der Waals surface area (Å²) in [6.45, 7) is 1.54. The molecule has 0 aliphatic rings. The van der Waals surface area contributed by atoms with Crippen LogP contribution >= 0.6 is 0 Å². The highest BCUT2D eigenvalue weighted by atomic mass is 19.1. The predicted molar refractivity (Wildman–Crippen MR) is 180 cm³/mol. The van der Waals surface area contributed by atoms with Gasteiger partial charge in [0, 0.05) is 38.4 Å². The second-order valence-electron chi connectivity index (χ2n) is 9.93. The number of rotatable bonds is 12. The normalized spacial score (nSPS) is 9.80. The quantitative estimate of drug-likeness (QED) is 0.101. The van der Waals surface area contributed by atoms with Crippen LogP contribution in [-0.2, 0) is 28.7 Å². The van der Waals surface area contributed by atoms with Gasteiger partial charge in [-0.1, -0.05) is 0 Å². The van der Waals surface area contributed by atoms with E-state index in [0.29, 0.717) is 18.2 Å². The van der Waals surface area contributed by atoms with Crippen LogP contribution < -0.4 is 24.8 Å². The predicted octanol–water partition coefficient (Wildman–Crippen LogP) is 4.60. The number of amides is 2. The van der Waals surface area contributed by atoms with Crippen LogP contribution in [0.2, 0.25) is 0 Å². The maximum Gasteiger partial charge on any atom is 0.343 e. The number of hydrogen-bond acceptors (Lipinski definition) is 16. The Bertz CT molecular complexity index is 2050. The topological polar surface area (TPSA) is 271 Å². The molecule has 0 fully saturated rings. The highest BCUT2D eigenvalue weighted by Crippen LogP contribution is 2.38. The average Bonchev–Trinajstić information content (AvgIpc) is 3.13. The van der Waals surface area contributed by atoms with Crippen LogP contribution in [0.1, 0.15) is 13.8 Å². The third-order valence-corrected chi connectivity index (χ3v) is 5.92. The Kier molecular flexibility index (Phi) is 16.7. The second-order valence-corrected chi connectivity index (χ2v) is 9.93. The number of ether oxygens (including phenoxy) is 5. The van der Waals surface area contributed by atoms with Crippen molar-refractivity contribution in [3.63, 3.8) is 0 Å². The van der Waals surface area contributed by atoms with Crippen LogP contribution in [0, 0.1) is 37.7 Å². The van der Waals surface area contributed by atoms with Gasteiger partial charge >= 0.3 is 23.3 Å². The van der Waals surface area contributed by atoms with Gasteiger partial charge in [-0.3, -0.25) is 29.8 Å². The molecule has 0 aliphatic heterocycles. The summed E-state index contributed by atoms with van der Waals surface area (Å²) in [4.78, 5) is 70.7. The number of nitrogens with zero attached hydrogens (tertiary/aromatic N) is 4. The second kappa shape index (κ2) is 21.1. The van der Waals surface area contributed by atoms with Crippen LogP contribution in [0.4, 0.5) is 35.9 Å². The largest absolute Gasteiger partial charge is 0.503 e. The van der Waals surface area contributed by atoms with Crippen LogP contribution in [0.3, 0.4) is 0 Å². The van der Waals surface area contributed by atoms with Gasteiger partial charge in [-0.05, 0) is 24.3 Å². The van der Waals surface area contributed by atoms with E-state index in [-0.39, 0.29) is 41.3 Å². The van der Waals surface area contributed by atoms with Gasteiger partial charge in [-0.15, -0.1) is 0 Å². The SMILES string of the molecule is CC(=O)Nc1cc(F)c([N+](=O)[O-])cc1F.COC(=O)COc1ncccc1O.COC(=O)COc1ncccc1Oc1cc(NC(C)=O)c(F)cc1[N+](=O)[O-]. The fourth-order valence-electron chi connectivity index (χ4n) is 3.56. The van der Waals surface area contributed by atoms with Crippen molar-refractivity contribution < 1.29 is 71.0 Å². The highest BCUT2D eigenvalue weighted by Gasteiger charge is 2.23. The first-order valence-corrected chi connectivity index (χ1v) is 14.8. The Labute approximate surface area is 307 Å². The van der Waals surface area contributed by atoms with E-state index in [1.807, 2.05) is 5.32 Å². The maximum atomic E-state index is 14.0. The lowest BCUT2D eigenvalue weighted by Crippen LogP contribution is -2.13. The van der Waals surface area contributed by atoms with Gasteiger partial charge in [0.05, 0.1) is 47.6 Å². The van der Waals surface area contributed by atoms with E-state index in [2.05, 4.69) is 24.8 Å². The number of pyridine rings is 2. The number of carbonyl (C=O) groups is 4. The van der Waals surface area contributed by atoms with Gasteiger partial charge in [0.15, 0.2) is 36.3 Å². The molecule has 0 bridgehead atoms. The number of aromatic hydroxyl groups is 1. The minimum atomic E-state index is -1.20. The first-order chi connectivity index (χ1) is 26.0. The first kappa shape index (κ1) is 43.6. The number of carbonyl (C=O) groups excluding carboxylic acids is 4. The van der Waals surface area contributed by atoms with Crippen LogP contribution in [0.5, 0.6) is 29.0 Å². The molecule has 0 radical (unpaired) electrons. The van der Waals surface area contributed by atoms with E-state index in [1.54, 1.807) is 6.07 Å². The summed E-state index contributed by atoms with van der Waals surface area (Å²) in [6.07, 6.45) is 2.80. The Balaban J connectivity index is 0.000000314. The van der Waals surface area contributed by atoms with Crippen molar-refractivity contribution in [1.29, 1.82) is 0 Å². The number of nitro groups is 2. The molecule has 2 heterocycles. The Hall–Kier alpha value is -7.59. The molecule has 20 nitrogen and oxygen atoms in total. The summed E-state index contributed by atoms with van der Waals surface area (Å²) >= 11 is 0. The third kappa shape index (κ3) is 14.2. The van der Waals surface area contributed by atoms with Crippen molar-refractivity contribution >= 4 is 46.5 Å². The van der Waals surface area contributed by atoms with Crippen molar-refractivity contribution in [2.24, 2.45) is 0 Å². The van der Waals surface area contributed by atoms with Gasteiger partial charge in [0.1, 0.15) is 0 Å². The van der Waals surface area contributed by atoms with E-state index in [4.69, 9.17) is 19.3 Å². The van der Waals surface area contributed by atoms with Gasteiger partial charge in [0.2, 0.25) is 23.4 Å². The molecule has 2 amide bonds. The molecule has 2 aromatic heterocycles. The molecule has 4 aromatic rings. The summed E-state index contributed by atoms with van der Waals surface area (Å²) in [7, 11) is 2.43. The van der Waals surface area contributed by atoms with Gasteiger partial charge in [-0.25, -0.2) is 28.3 Å². The molecule has 0 unspecified atom stereocenters. The number of aromatic nitrogens is 2. The average molecular weight is 779 g/mol. The lowest BCUT2D eigenvalue weighted by atomic mass is 10.2. The van der Waals surface area contributed by atoms with E-state index in [0.717, 1.165) is 19.9 Å². The van der Waals surface area contributed by atoms with Gasteiger partial charge < -0.3 is 39.4 Å². The number of nitro benzene ring substituents is 2.